The number of carbonyl (C=O) groups is 3. The summed E-state index contributed by atoms with van der Waals surface area (Å²) < 4.78 is 0. The Kier molecular flexibility index (Phi) is 6.85. The molecule has 1 aliphatic carbocycles. The molecular formula is C30H30N2O4. The summed E-state index contributed by atoms with van der Waals surface area (Å²) in [5.74, 6) is 0.0999. The monoisotopic (exact) mass is 482 g/mol. The lowest BCUT2D eigenvalue weighted by atomic mass is 9.77. The maximum absolute atomic E-state index is 12.9. The number of rotatable bonds is 5. The summed E-state index contributed by atoms with van der Waals surface area (Å²) in [4.78, 5) is 38.3. The number of hydrogen-bond donors (Lipinski definition) is 2. The number of carboxylic acids is 1. The predicted octanol–water partition coefficient (Wildman–Crippen LogP) is 6.73. The maximum Gasteiger partial charge on any atom is 0.326 e. The van der Waals surface area contributed by atoms with E-state index in [2.05, 4.69) is 29.6 Å². The number of fused-ring (bicyclic) bond motifs is 1. The van der Waals surface area contributed by atoms with Crippen molar-refractivity contribution in [1.29, 1.82) is 0 Å². The second-order valence-corrected chi connectivity index (χ2v) is 9.79. The van der Waals surface area contributed by atoms with E-state index in [9.17, 15) is 14.4 Å². The fraction of sp³-hybridized carbons (Fsp3) is 0.300. The molecule has 2 N–H and O–H groups in total. The van der Waals surface area contributed by atoms with E-state index in [0.717, 1.165) is 36.8 Å². The van der Waals surface area contributed by atoms with Gasteiger partial charge in [-0.3, -0.25) is 14.5 Å². The van der Waals surface area contributed by atoms with Crippen LogP contribution < -0.4 is 10.2 Å². The smallest absolute Gasteiger partial charge is 0.326 e. The quantitative estimate of drug-likeness (QED) is 0.422. The summed E-state index contributed by atoms with van der Waals surface area (Å²) in [6.45, 7) is 0.354. The van der Waals surface area contributed by atoms with Crippen LogP contribution in [-0.4, -0.2) is 29.4 Å². The van der Waals surface area contributed by atoms with E-state index in [-0.39, 0.29) is 18.2 Å². The minimum absolute atomic E-state index is 0.0466. The second kappa shape index (κ2) is 10.4. The number of para-hydroxylation sites is 1. The van der Waals surface area contributed by atoms with Gasteiger partial charge in [-0.1, -0.05) is 48.5 Å². The molecule has 3 aromatic carbocycles. The first-order chi connectivity index (χ1) is 17.5. The molecule has 6 heteroatoms. The van der Waals surface area contributed by atoms with Gasteiger partial charge in [0.1, 0.15) is 0 Å². The average molecular weight is 483 g/mol. The summed E-state index contributed by atoms with van der Waals surface area (Å²) in [6.07, 6.45) is 4.52. The Balaban J connectivity index is 1.30. The largest absolute Gasteiger partial charge is 0.481 e. The number of anilines is 2. The lowest BCUT2D eigenvalue weighted by Crippen LogP contribution is -2.40. The zero-order valence-corrected chi connectivity index (χ0v) is 20.2. The number of nitrogens with one attached hydrogen (secondary N) is 1. The second-order valence-electron chi connectivity index (χ2n) is 9.79. The molecule has 2 amide bonds. The minimum Gasteiger partial charge on any atom is -0.481 e. The van der Waals surface area contributed by atoms with E-state index in [4.69, 9.17) is 5.11 Å². The van der Waals surface area contributed by atoms with Crippen LogP contribution in [0, 0.1) is 5.92 Å². The van der Waals surface area contributed by atoms with Crippen LogP contribution in [0.15, 0.2) is 72.8 Å². The van der Waals surface area contributed by atoms with E-state index < -0.39 is 5.97 Å². The van der Waals surface area contributed by atoms with Gasteiger partial charge in [-0.15, -0.1) is 0 Å². The van der Waals surface area contributed by atoms with Crippen molar-refractivity contribution in [1.82, 2.24) is 0 Å². The van der Waals surface area contributed by atoms with E-state index in [1.165, 1.54) is 5.56 Å². The average Bonchev–Trinajstić information content (AvgIpc) is 2.89. The highest BCUT2D eigenvalue weighted by Crippen LogP contribution is 2.38. The number of benzene rings is 3. The number of urea groups is 1. The Morgan fingerprint density at radius 2 is 1.58 bits per heavy atom. The van der Waals surface area contributed by atoms with Gasteiger partial charge in [-0.25, -0.2) is 4.79 Å². The molecule has 0 aromatic heterocycles. The fourth-order valence-electron chi connectivity index (χ4n) is 5.46. The molecule has 1 heterocycles. The van der Waals surface area contributed by atoms with Crippen LogP contribution in [0.4, 0.5) is 16.2 Å². The Labute approximate surface area is 211 Å². The molecule has 1 aliphatic heterocycles. The summed E-state index contributed by atoms with van der Waals surface area (Å²) in [6, 6.07) is 23.3. The first-order valence-corrected chi connectivity index (χ1v) is 12.6. The van der Waals surface area contributed by atoms with Gasteiger partial charge in [0, 0.05) is 30.6 Å². The van der Waals surface area contributed by atoms with Gasteiger partial charge < -0.3 is 10.4 Å². The van der Waals surface area contributed by atoms with Crippen LogP contribution in [-0.2, 0) is 4.79 Å². The molecule has 0 radical (unpaired) electrons. The molecule has 2 aliphatic rings. The van der Waals surface area contributed by atoms with Crippen molar-refractivity contribution >= 4 is 29.2 Å². The molecule has 0 saturated heterocycles. The van der Waals surface area contributed by atoms with E-state index >= 15 is 0 Å². The molecule has 0 atom stereocenters. The topological polar surface area (TPSA) is 86.7 Å². The molecule has 0 unspecified atom stereocenters. The third-order valence-electron chi connectivity index (χ3n) is 7.45. The minimum atomic E-state index is -0.703. The standard InChI is InChI=1S/C30H30N2O4/c33-28-16-17-32(30(36)31-25-4-2-1-3-5-25)27-15-14-24(19-26(27)28)23-12-10-22(11-13-23)21-8-6-20(7-9-21)18-29(34)35/h1-5,10-15,19-21H,6-9,16-18H2,(H,31,36)(H,34,35). The van der Waals surface area contributed by atoms with Crippen molar-refractivity contribution in [2.24, 2.45) is 5.92 Å². The molecular weight excluding hydrogens is 452 g/mol. The van der Waals surface area contributed by atoms with Gasteiger partial charge in [-0.2, -0.15) is 0 Å². The van der Waals surface area contributed by atoms with Crippen molar-refractivity contribution in [2.45, 2.75) is 44.4 Å². The van der Waals surface area contributed by atoms with Crippen LogP contribution in [0.2, 0.25) is 0 Å². The number of ketones is 1. The van der Waals surface area contributed by atoms with Gasteiger partial charge in [-0.05, 0) is 78.5 Å². The van der Waals surface area contributed by atoms with Crippen molar-refractivity contribution in [2.75, 3.05) is 16.8 Å². The molecule has 0 spiro atoms. The van der Waals surface area contributed by atoms with Crippen LogP contribution in [0.1, 0.15) is 60.4 Å². The van der Waals surface area contributed by atoms with Gasteiger partial charge in [0.15, 0.2) is 5.78 Å². The fourth-order valence-corrected chi connectivity index (χ4v) is 5.46. The molecule has 6 nitrogen and oxygen atoms in total. The van der Waals surface area contributed by atoms with Crippen LogP contribution in [0.25, 0.3) is 11.1 Å². The number of Topliss-reactive ketones (excluding diaryl/α,β-unsaturated/α-hetero) is 1. The summed E-state index contributed by atoms with van der Waals surface area (Å²) in [5.41, 5.74) is 5.18. The lowest BCUT2D eigenvalue weighted by Gasteiger charge is -2.29. The Hall–Kier alpha value is -3.93. The molecule has 36 heavy (non-hydrogen) atoms. The molecule has 5 rings (SSSR count). The molecule has 3 aromatic rings. The SMILES string of the molecule is O=C(O)CC1CCC(c2ccc(-c3ccc4c(c3)C(=O)CCN4C(=O)Nc3ccccc3)cc2)CC1. The Morgan fingerprint density at radius 3 is 2.28 bits per heavy atom. The van der Waals surface area contributed by atoms with Crippen LogP contribution in [0.3, 0.4) is 0 Å². The third kappa shape index (κ3) is 5.18. The summed E-state index contributed by atoms with van der Waals surface area (Å²) in [7, 11) is 0. The highest BCUT2D eigenvalue weighted by Gasteiger charge is 2.28. The number of carbonyl (C=O) groups excluding carboxylic acids is 2. The zero-order valence-electron chi connectivity index (χ0n) is 20.2. The highest BCUT2D eigenvalue weighted by molar-refractivity contribution is 6.11. The maximum atomic E-state index is 12.9. The van der Waals surface area contributed by atoms with E-state index in [1.54, 1.807) is 4.90 Å². The Morgan fingerprint density at radius 1 is 0.889 bits per heavy atom. The van der Waals surface area contributed by atoms with Crippen molar-refractivity contribution < 1.29 is 19.5 Å². The van der Waals surface area contributed by atoms with E-state index in [0.29, 0.717) is 41.7 Å². The zero-order chi connectivity index (χ0) is 25.1. The number of aliphatic carboxylic acids is 1. The molecule has 1 saturated carbocycles. The number of nitrogens with zero attached hydrogens (tertiary/aromatic N) is 1. The van der Waals surface area contributed by atoms with Crippen molar-refractivity contribution in [3.05, 3.63) is 83.9 Å². The first kappa shape index (κ1) is 23.8. The Bertz CT molecular complexity index is 1260. The first-order valence-electron chi connectivity index (χ1n) is 12.6. The lowest BCUT2D eigenvalue weighted by molar-refractivity contribution is -0.138. The van der Waals surface area contributed by atoms with Crippen molar-refractivity contribution in [3.8, 4) is 11.1 Å². The summed E-state index contributed by atoms with van der Waals surface area (Å²) >= 11 is 0. The molecule has 0 bridgehead atoms. The van der Waals surface area contributed by atoms with Gasteiger partial charge in [0.05, 0.1) is 5.69 Å². The highest BCUT2D eigenvalue weighted by atomic mass is 16.4. The molecule has 184 valence electrons. The summed E-state index contributed by atoms with van der Waals surface area (Å²) in [5, 5.41) is 11.9. The molecule has 1 fully saturated rings. The number of amides is 2. The van der Waals surface area contributed by atoms with Gasteiger partial charge >= 0.3 is 12.0 Å². The van der Waals surface area contributed by atoms with E-state index in [1.807, 2.05) is 48.5 Å². The van der Waals surface area contributed by atoms with Gasteiger partial charge in [0.25, 0.3) is 0 Å². The van der Waals surface area contributed by atoms with Crippen molar-refractivity contribution in [3.63, 3.8) is 0 Å². The van der Waals surface area contributed by atoms with Gasteiger partial charge in [0.2, 0.25) is 0 Å². The van der Waals surface area contributed by atoms with Crippen LogP contribution >= 0.6 is 0 Å². The normalized spacial score (nSPS) is 19.4. The third-order valence-corrected chi connectivity index (χ3v) is 7.45. The van der Waals surface area contributed by atoms with Crippen LogP contribution in [0.5, 0.6) is 0 Å². The number of carboxylic acid groups (broad SMARTS) is 1. The predicted molar refractivity (Wildman–Crippen MR) is 141 cm³/mol. The number of hydrogen-bond acceptors (Lipinski definition) is 3.